The van der Waals surface area contributed by atoms with Gasteiger partial charge in [0.25, 0.3) is 0 Å². The minimum atomic E-state index is -4.61. The monoisotopic (exact) mass is 216 g/mol. The second kappa shape index (κ2) is 16.3. The van der Waals surface area contributed by atoms with E-state index in [0.717, 1.165) is 0 Å². The molecular formula is H12O8SiTi. The largest absolute Gasteiger partial charge is 0.668 e. The summed E-state index contributed by atoms with van der Waals surface area (Å²) in [7, 11) is -4.61. The van der Waals surface area contributed by atoms with Gasteiger partial charge >= 0.3 is 9.05 Å². The molecule has 8 nitrogen and oxygen atoms in total. The molecule has 0 amide bonds. The van der Waals surface area contributed by atoms with Gasteiger partial charge in [-0.15, -0.1) is 0 Å². The molecule has 0 rings (SSSR count). The van der Waals surface area contributed by atoms with E-state index < -0.39 is 9.05 Å². The zero-order valence-corrected chi connectivity index (χ0v) is 7.35. The van der Waals surface area contributed by atoms with Crippen molar-refractivity contribution in [1.82, 2.24) is 0 Å². The fraction of sp³-hybridized carbons (Fsp3) is 0. The summed E-state index contributed by atoms with van der Waals surface area (Å²) in [6.07, 6.45) is 0. The average Bonchev–Trinajstić information content (AvgIpc) is 0.722. The topological polar surface area (TPSA) is 207 Å². The maximum Gasteiger partial charge on any atom is 0.668 e. The summed E-state index contributed by atoms with van der Waals surface area (Å²) in [5.41, 5.74) is 0. The molecule has 0 atom stereocenters. The van der Waals surface area contributed by atoms with Crippen LogP contribution in [0.15, 0.2) is 0 Å². The summed E-state index contributed by atoms with van der Waals surface area (Å²) in [6.45, 7) is 0. The van der Waals surface area contributed by atoms with Crippen LogP contribution >= 0.6 is 0 Å². The molecule has 0 aliphatic carbocycles. The standard InChI is InChI=1S/H4O4Si.4H2O.Ti/c1-5(2,3)4;;;;;/h1-4H;4*1H2;. The molecule has 0 unspecified atom stereocenters. The number of hydrogen-bond acceptors (Lipinski definition) is 4. The molecule has 0 saturated carbocycles. The Morgan fingerprint density at radius 1 is 0.600 bits per heavy atom. The smallest absolute Gasteiger partial charge is 0.412 e. The van der Waals surface area contributed by atoms with E-state index in [0.29, 0.717) is 0 Å². The van der Waals surface area contributed by atoms with E-state index in [4.69, 9.17) is 19.2 Å². The van der Waals surface area contributed by atoms with E-state index in [9.17, 15) is 0 Å². The van der Waals surface area contributed by atoms with Crippen LogP contribution < -0.4 is 0 Å². The summed E-state index contributed by atoms with van der Waals surface area (Å²) in [5, 5.41) is 0. The third-order valence-corrected chi connectivity index (χ3v) is 0. The molecule has 0 aliphatic heterocycles. The third kappa shape index (κ3) is 1340. The predicted octanol–water partition coefficient (Wildman–Crippen LogP) is -5.91. The Morgan fingerprint density at radius 2 is 0.600 bits per heavy atom. The first-order chi connectivity index (χ1) is 2.00. The third-order valence-electron chi connectivity index (χ3n) is 0. The van der Waals surface area contributed by atoms with Gasteiger partial charge < -0.3 is 41.1 Å². The van der Waals surface area contributed by atoms with Crippen molar-refractivity contribution in [3.05, 3.63) is 0 Å². The van der Waals surface area contributed by atoms with Crippen LogP contribution in [-0.4, -0.2) is 50.1 Å². The number of hydrogen-bond donors (Lipinski definition) is 4. The molecule has 12 N–H and O–H groups in total. The Labute approximate surface area is 72.4 Å². The van der Waals surface area contributed by atoms with Gasteiger partial charge in [0.05, 0.1) is 0 Å². The van der Waals surface area contributed by atoms with Crippen LogP contribution in [0.25, 0.3) is 0 Å². The zero-order chi connectivity index (χ0) is 4.50. The van der Waals surface area contributed by atoms with Crippen molar-refractivity contribution in [3.63, 3.8) is 0 Å². The van der Waals surface area contributed by atoms with Crippen LogP contribution in [-0.2, 0) is 21.7 Å². The van der Waals surface area contributed by atoms with Crippen molar-refractivity contribution in [2.75, 3.05) is 0 Å². The van der Waals surface area contributed by atoms with Crippen molar-refractivity contribution in [1.29, 1.82) is 0 Å². The minimum Gasteiger partial charge on any atom is -0.412 e. The van der Waals surface area contributed by atoms with Gasteiger partial charge in [-0.05, 0) is 0 Å². The SMILES string of the molecule is O.O.O.O.O[Si](O)(O)O.[Ti]. The Balaban J connectivity index is -0.00000000800. The average molecular weight is 216 g/mol. The summed E-state index contributed by atoms with van der Waals surface area (Å²) in [5.74, 6) is 0. The number of rotatable bonds is 0. The van der Waals surface area contributed by atoms with Crippen LogP contribution in [0, 0.1) is 0 Å². The molecule has 10 heavy (non-hydrogen) atoms. The molecule has 0 aromatic rings. The van der Waals surface area contributed by atoms with Crippen molar-refractivity contribution < 1.29 is 62.8 Å². The van der Waals surface area contributed by atoms with Gasteiger partial charge in [0.15, 0.2) is 0 Å². The van der Waals surface area contributed by atoms with Crippen LogP contribution in [0.1, 0.15) is 0 Å². The summed E-state index contributed by atoms with van der Waals surface area (Å²) in [4.78, 5) is 29.3. The normalized spacial score (nSPS) is 6.00. The minimum absolute atomic E-state index is 0. The van der Waals surface area contributed by atoms with E-state index in [1.165, 1.54) is 0 Å². The maximum atomic E-state index is 7.33. The molecule has 0 bridgehead atoms. The predicted molar refractivity (Wildman–Crippen MR) is 29.1 cm³/mol. The molecule has 0 spiro atoms. The van der Waals surface area contributed by atoms with Gasteiger partial charge in [-0.25, -0.2) is 0 Å². The van der Waals surface area contributed by atoms with Crippen molar-refractivity contribution >= 4 is 9.05 Å². The molecule has 0 radical (unpaired) electrons. The first-order valence-electron chi connectivity index (χ1n) is 0.894. The molecule has 68 valence electrons. The van der Waals surface area contributed by atoms with Gasteiger partial charge in [-0.2, -0.15) is 0 Å². The van der Waals surface area contributed by atoms with Crippen molar-refractivity contribution in [2.24, 2.45) is 0 Å². The molecular weight excluding hydrogens is 204 g/mol. The fourth-order valence-electron chi connectivity index (χ4n) is 0. The van der Waals surface area contributed by atoms with Crippen LogP contribution in [0.5, 0.6) is 0 Å². The van der Waals surface area contributed by atoms with Crippen LogP contribution in [0.2, 0.25) is 0 Å². The Bertz CT molecular complexity index is 24.7. The van der Waals surface area contributed by atoms with Crippen molar-refractivity contribution in [2.45, 2.75) is 0 Å². The van der Waals surface area contributed by atoms with E-state index in [2.05, 4.69) is 0 Å². The van der Waals surface area contributed by atoms with Crippen LogP contribution in [0.4, 0.5) is 0 Å². The Morgan fingerprint density at radius 3 is 0.600 bits per heavy atom. The van der Waals surface area contributed by atoms with Gasteiger partial charge in [-0.3, -0.25) is 0 Å². The first kappa shape index (κ1) is 46.1. The molecule has 0 saturated heterocycles. The molecule has 0 fully saturated rings. The van der Waals surface area contributed by atoms with Crippen molar-refractivity contribution in [3.8, 4) is 0 Å². The first-order valence-corrected chi connectivity index (χ1v) is 2.68. The second-order valence-corrected chi connectivity index (χ2v) is 1.80. The molecule has 0 aliphatic rings. The van der Waals surface area contributed by atoms with E-state index in [1.54, 1.807) is 0 Å². The van der Waals surface area contributed by atoms with Gasteiger partial charge in [0, 0.05) is 21.7 Å². The van der Waals surface area contributed by atoms with Gasteiger partial charge in [-0.1, -0.05) is 0 Å². The Kier molecular flexibility index (Phi) is 75.2. The molecule has 0 aromatic heterocycles. The van der Waals surface area contributed by atoms with Crippen LogP contribution in [0.3, 0.4) is 0 Å². The van der Waals surface area contributed by atoms with E-state index >= 15 is 0 Å². The quantitative estimate of drug-likeness (QED) is 0.291. The summed E-state index contributed by atoms with van der Waals surface area (Å²) < 4.78 is 0. The second-order valence-electron chi connectivity index (χ2n) is 0.600. The van der Waals surface area contributed by atoms with Gasteiger partial charge in [0.1, 0.15) is 0 Å². The van der Waals surface area contributed by atoms with E-state index in [1.807, 2.05) is 0 Å². The van der Waals surface area contributed by atoms with Gasteiger partial charge in [0.2, 0.25) is 0 Å². The fourth-order valence-corrected chi connectivity index (χ4v) is 0. The summed E-state index contributed by atoms with van der Waals surface area (Å²) in [6, 6.07) is 0. The maximum absolute atomic E-state index is 7.33. The van der Waals surface area contributed by atoms with E-state index in [-0.39, 0.29) is 43.6 Å². The molecule has 10 heteroatoms. The Hall–Kier alpha value is 0.611. The zero-order valence-electron chi connectivity index (χ0n) is 4.79. The molecule has 0 heterocycles. The summed E-state index contributed by atoms with van der Waals surface area (Å²) >= 11 is 0. The molecule has 0 aromatic carbocycles.